The van der Waals surface area contributed by atoms with Gasteiger partial charge in [-0.25, -0.2) is 0 Å². The monoisotopic (exact) mass is 323 g/mol. The maximum absolute atomic E-state index is 12.0. The molecule has 118 valence electrons. The zero-order chi connectivity index (χ0) is 16.1. The Morgan fingerprint density at radius 2 is 2.23 bits per heavy atom. The lowest BCUT2D eigenvalue weighted by Gasteiger charge is -2.13. The minimum absolute atomic E-state index is 0.106. The van der Waals surface area contributed by atoms with Gasteiger partial charge in [0, 0.05) is 18.7 Å². The molecule has 3 N–H and O–H groups in total. The third kappa shape index (κ3) is 3.77. The first-order chi connectivity index (χ1) is 10.5. The molecule has 0 aromatic heterocycles. The van der Waals surface area contributed by atoms with Crippen molar-refractivity contribution in [3.63, 3.8) is 0 Å². The zero-order valence-corrected chi connectivity index (χ0v) is 12.9. The van der Waals surface area contributed by atoms with Crippen molar-refractivity contribution in [3.05, 3.63) is 23.8 Å². The second-order valence-corrected chi connectivity index (χ2v) is 5.58. The van der Waals surface area contributed by atoms with E-state index in [4.69, 9.17) is 10.5 Å². The average Bonchev–Trinajstić information content (AvgIpc) is 2.82. The van der Waals surface area contributed by atoms with Crippen LogP contribution in [0.3, 0.4) is 0 Å². The highest BCUT2D eigenvalue weighted by atomic mass is 32.2. The van der Waals surface area contributed by atoms with Crippen LogP contribution in [0.15, 0.2) is 18.2 Å². The van der Waals surface area contributed by atoms with Crippen molar-refractivity contribution in [3.8, 4) is 5.75 Å². The number of carbonyl (C=O) groups is 3. The molecular weight excluding hydrogens is 306 g/mol. The van der Waals surface area contributed by atoms with E-state index in [9.17, 15) is 14.4 Å². The van der Waals surface area contributed by atoms with E-state index in [-0.39, 0.29) is 35.8 Å². The number of imide groups is 1. The van der Waals surface area contributed by atoms with Gasteiger partial charge in [0.05, 0.1) is 25.1 Å². The number of hydrogen-bond donors (Lipinski definition) is 2. The highest BCUT2D eigenvalue weighted by Gasteiger charge is 2.29. The molecule has 1 aromatic rings. The maximum atomic E-state index is 12.0. The zero-order valence-electron chi connectivity index (χ0n) is 12.1. The predicted molar refractivity (Wildman–Crippen MR) is 84.2 cm³/mol. The summed E-state index contributed by atoms with van der Waals surface area (Å²) in [5.74, 6) is 0.407. The lowest BCUT2D eigenvalue weighted by atomic mass is 10.1. The number of Topliss-reactive ketones (excluding diaryl/α,β-unsaturated/α-hetero) is 1. The summed E-state index contributed by atoms with van der Waals surface area (Å²) < 4.78 is 5.03. The summed E-state index contributed by atoms with van der Waals surface area (Å²) >= 11 is 0.997. The van der Waals surface area contributed by atoms with E-state index < -0.39 is 0 Å². The van der Waals surface area contributed by atoms with Crippen LogP contribution >= 0.6 is 11.8 Å². The van der Waals surface area contributed by atoms with Crippen molar-refractivity contribution in [2.45, 2.75) is 0 Å². The Balaban J connectivity index is 1.79. The Labute approximate surface area is 132 Å². The van der Waals surface area contributed by atoms with Crippen LogP contribution < -0.4 is 15.8 Å². The number of nitrogens with two attached hydrogens (primary N) is 1. The van der Waals surface area contributed by atoms with Gasteiger partial charge in [-0.2, -0.15) is 0 Å². The molecule has 1 aliphatic heterocycles. The number of benzene rings is 1. The summed E-state index contributed by atoms with van der Waals surface area (Å²) in [6, 6.07) is 4.84. The van der Waals surface area contributed by atoms with Crippen molar-refractivity contribution < 1.29 is 19.1 Å². The normalized spacial score (nSPS) is 14.5. The predicted octanol–water partition coefficient (Wildman–Crippen LogP) is 0.745. The molecule has 8 heteroatoms. The molecule has 0 bridgehead atoms. The molecule has 0 atom stereocenters. The second-order valence-electron chi connectivity index (χ2n) is 4.66. The quantitative estimate of drug-likeness (QED) is 0.433. The second kappa shape index (κ2) is 7.28. The Morgan fingerprint density at radius 1 is 1.45 bits per heavy atom. The number of ketones is 1. The van der Waals surface area contributed by atoms with Gasteiger partial charge >= 0.3 is 0 Å². The van der Waals surface area contributed by atoms with E-state index in [0.717, 1.165) is 11.8 Å². The first-order valence-electron chi connectivity index (χ1n) is 6.67. The molecule has 0 radical (unpaired) electrons. The third-order valence-corrected chi connectivity index (χ3v) is 4.05. The Kier molecular flexibility index (Phi) is 5.40. The van der Waals surface area contributed by atoms with E-state index in [1.54, 1.807) is 18.2 Å². The number of amides is 2. The number of thioether (sulfide) groups is 1. The number of hydrogen-bond acceptors (Lipinski definition) is 7. The highest BCUT2D eigenvalue weighted by Crippen LogP contribution is 2.22. The van der Waals surface area contributed by atoms with Gasteiger partial charge in [-0.1, -0.05) is 11.8 Å². The number of rotatable bonds is 7. The van der Waals surface area contributed by atoms with Gasteiger partial charge in [-0.05, 0) is 18.2 Å². The molecule has 0 spiro atoms. The first kappa shape index (κ1) is 16.3. The summed E-state index contributed by atoms with van der Waals surface area (Å²) in [4.78, 5) is 36.0. The third-order valence-electron chi connectivity index (χ3n) is 3.19. The number of ether oxygens (including phenoxy) is 1. The summed E-state index contributed by atoms with van der Waals surface area (Å²) in [7, 11) is 1.51. The van der Waals surface area contributed by atoms with E-state index in [1.807, 2.05) is 0 Å². The molecule has 1 heterocycles. The van der Waals surface area contributed by atoms with Crippen LogP contribution in [0, 0.1) is 0 Å². The van der Waals surface area contributed by atoms with Crippen LogP contribution in [-0.2, 0) is 4.79 Å². The van der Waals surface area contributed by atoms with Crippen LogP contribution in [0.4, 0.5) is 10.5 Å². The Bertz CT molecular complexity index is 590. The van der Waals surface area contributed by atoms with Crippen LogP contribution in [0.25, 0.3) is 0 Å². The lowest BCUT2D eigenvalue weighted by Crippen LogP contribution is -2.37. The smallest absolute Gasteiger partial charge is 0.288 e. The summed E-state index contributed by atoms with van der Waals surface area (Å²) in [6.07, 6.45) is 0. The average molecular weight is 323 g/mol. The van der Waals surface area contributed by atoms with Gasteiger partial charge in [-0.3, -0.25) is 19.3 Å². The number of nitrogen functional groups attached to an aromatic ring is 1. The molecule has 0 unspecified atom stereocenters. The van der Waals surface area contributed by atoms with Crippen LogP contribution in [-0.4, -0.2) is 54.3 Å². The van der Waals surface area contributed by atoms with Crippen LogP contribution in [0.1, 0.15) is 10.4 Å². The molecule has 0 saturated carbocycles. The fourth-order valence-corrected chi connectivity index (χ4v) is 2.75. The maximum Gasteiger partial charge on any atom is 0.288 e. The number of anilines is 1. The van der Waals surface area contributed by atoms with Gasteiger partial charge in [0.2, 0.25) is 5.91 Å². The molecule has 22 heavy (non-hydrogen) atoms. The van der Waals surface area contributed by atoms with Crippen molar-refractivity contribution >= 4 is 34.4 Å². The molecule has 2 amide bonds. The number of methoxy groups -OCH3 is 1. The Morgan fingerprint density at radius 3 is 2.82 bits per heavy atom. The van der Waals surface area contributed by atoms with Crippen molar-refractivity contribution in [2.75, 3.05) is 38.2 Å². The Hall–Kier alpha value is -2.06. The van der Waals surface area contributed by atoms with Gasteiger partial charge in [0.15, 0.2) is 5.78 Å². The van der Waals surface area contributed by atoms with E-state index >= 15 is 0 Å². The molecule has 1 fully saturated rings. The summed E-state index contributed by atoms with van der Waals surface area (Å²) in [5.41, 5.74) is 6.64. The fraction of sp³-hybridized carbons (Fsp3) is 0.357. The summed E-state index contributed by atoms with van der Waals surface area (Å²) in [5, 5.41) is 2.69. The molecule has 1 aliphatic rings. The molecular formula is C14H17N3O4S. The molecule has 1 aromatic carbocycles. The fourth-order valence-electron chi connectivity index (χ4n) is 2.00. The number of carbonyl (C=O) groups excluding carboxylic acids is 3. The van der Waals surface area contributed by atoms with Gasteiger partial charge in [0.1, 0.15) is 5.75 Å². The number of nitrogens with one attached hydrogen (secondary N) is 1. The van der Waals surface area contributed by atoms with E-state index in [0.29, 0.717) is 23.5 Å². The summed E-state index contributed by atoms with van der Waals surface area (Å²) in [6.45, 7) is 0.743. The van der Waals surface area contributed by atoms with Gasteiger partial charge in [-0.15, -0.1) is 0 Å². The van der Waals surface area contributed by atoms with E-state index in [1.165, 1.54) is 12.0 Å². The topological polar surface area (TPSA) is 102 Å². The largest absolute Gasteiger partial charge is 0.495 e. The van der Waals surface area contributed by atoms with Gasteiger partial charge in [0.25, 0.3) is 5.24 Å². The van der Waals surface area contributed by atoms with Crippen LogP contribution in [0.2, 0.25) is 0 Å². The molecule has 1 saturated heterocycles. The standard InChI is InChI=1S/C14H17N3O4S/c1-21-12-3-2-9(6-10(12)15)11(18)7-16-4-5-17-13(19)8-22-14(17)20/h2-3,6,16H,4-5,7-8,15H2,1H3. The van der Waals surface area contributed by atoms with Crippen LogP contribution in [0.5, 0.6) is 5.75 Å². The lowest BCUT2D eigenvalue weighted by molar-refractivity contribution is -0.124. The van der Waals surface area contributed by atoms with Crippen molar-refractivity contribution in [1.29, 1.82) is 0 Å². The van der Waals surface area contributed by atoms with Gasteiger partial charge < -0.3 is 15.8 Å². The minimum Gasteiger partial charge on any atom is -0.495 e. The van der Waals surface area contributed by atoms with Crippen molar-refractivity contribution in [1.82, 2.24) is 10.2 Å². The van der Waals surface area contributed by atoms with Crippen molar-refractivity contribution in [2.24, 2.45) is 0 Å². The number of nitrogens with zero attached hydrogens (tertiary/aromatic N) is 1. The minimum atomic E-state index is -0.235. The first-order valence-corrected chi connectivity index (χ1v) is 7.66. The molecule has 2 rings (SSSR count). The highest BCUT2D eigenvalue weighted by molar-refractivity contribution is 8.14. The SMILES string of the molecule is COc1ccc(C(=O)CNCCN2C(=O)CSC2=O)cc1N. The molecule has 7 nitrogen and oxygen atoms in total. The van der Waals surface area contributed by atoms with E-state index in [2.05, 4.69) is 5.32 Å². The molecule has 0 aliphatic carbocycles.